The lowest BCUT2D eigenvalue weighted by molar-refractivity contribution is -0.137. The lowest BCUT2D eigenvalue weighted by Gasteiger charge is -2.15. The van der Waals surface area contributed by atoms with Gasteiger partial charge in [-0.05, 0) is 31.2 Å². The number of hydrogen-bond donors (Lipinski definition) is 2. The van der Waals surface area contributed by atoms with Crippen molar-refractivity contribution in [3.8, 4) is 5.95 Å². The summed E-state index contributed by atoms with van der Waals surface area (Å²) in [7, 11) is 0. The maximum absolute atomic E-state index is 13.4. The van der Waals surface area contributed by atoms with E-state index in [1.165, 1.54) is 23.4 Å². The van der Waals surface area contributed by atoms with Crippen LogP contribution in [0.25, 0.3) is 5.95 Å². The van der Waals surface area contributed by atoms with Gasteiger partial charge in [0.15, 0.2) is 5.82 Å². The highest BCUT2D eigenvalue weighted by Crippen LogP contribution is 2.31. The molecule has 0 aliphatic rings. The van der Waals surface area contributed by atoms with Crippen LogP contribution in [0.3, 0.4) is 0 Å². The molecule has 0 aliphatic carbocycles. The molecule has 2 heterocycles. The number of hydrogen-bond acceptors (Lipinski definition) is 5. The van der Waals surface area contributed by atoms with Crippen LogP contribution < -0.4 is 10.6 Å². The summed E-state index contributed by atoms with van der Waals surface area (Å²) in [6.07, 6.45) is -0.500. The predicted octanol–water partition coefficient (Wildman–Crippen LogP) is 3.10. The molecule has 146 valence electrons. The first-order chi connectivity index (χ1) is 13.2. The molecule has 0 saturated carbocycles. The Labute approximate surface area is 155 Å². The van der Waals surface area contributed by atoms with Gasteiger partial charge < -0.3 is 10.6 Å². The van der Waals surface area contributed by atoms with Crippen LogP contribution in [-0.2, 0) is 6.18 Å². The predicted molar refractivity (Wildman–Crippen MR) is 88.9 cm³/mol. The molecule has 0 saturated heterocycles. The maximum atomic E-state index is 13.4. The van der Waals surface area contributed by atoms with Crippen molar-refractivity contribution in [1.29, 1.82) is 0 Å². The van der Waals surface area contributed by atoms with Crippen molar-refractivity contribution in [3.63, 3.8) is 0 Å². The van der Waals surface area contributed by atoms with E-state index in [-0.39, 0.29) is 17.5 Å². The Bertz CT molecular complexity index is 975. The third-order valence-corrected chi connectivity index (χ3v) is 3.53. The number of rotatable bonds is 4. The monoisotopic (exact) mass is 395 g/mol. The zero-order valence-electron chi connectivity index (χ0n) is 14.3. The van der Waals surface area contributed by atoms with Gasteiger partial charge >= 0.3 is 12.2 Å². The summed E-state index contributed by atoms with van der Waals surface area (Å²) >= 11 is 0. The van der Waals surface area contributed by atoms with Gasteiger partial charge in [-0.3, -0.25) is 0 Å². The van der Waals surface area contributed by atoms with Crippen molar-refractivity contribution < 1.29 is 22.4 Å². The number of halogens is 4. The maximum Gasteiger partial charge on any atom is 0.416 e. The van der Waals surface area contributed by atoms with E-state index in [4.69, 9.17) is 0 Å². The highest BCUT2D eigenvalue weighted by atomic mass is 19.4. The average Bonchev–Trinajstić information content (AvgIpc) is 3.11. The Kier molecular flexibility index (Phi) is 5.20. The van der Waals surface area contributed by atoms with Gasteiger partial charge in [0.1, 0.15) is 12.1 Å². The number of anilines is 1. The quantitative estimate of drug-likeness (QED) is 0.662. The van der Waals surface area contributed by atoms with Gasteiger partial charge in [-0.1, -0.05) is 0 Å². The minimum absolute atomic E-state index is 0.226. The van der Waals surface area contributed by atoms with Crippen molar-refractivity contribution >= 4 is 11.7 Å². The number of nitrogens with one attached hydrogen (secondary N) is 2. The first kappa shape index (κ1) is 19.2. The van der Waals surface area contributed by atoms with E-state index < -0.39 is 29.6 Å². The Morgan fingerprint density at radius 3 is 2.54 bits per heavy atom. The van der Waals surface area contributed by atoms with Gasteiger partial charge in [-0.25, -0.2) is 24.1 Å². The molecule has 3 rings (SSSR count). The van der Waals surface area contributed by atoms with E-state index in [2.05, 4.69) is 30.7 Å². The lowest BCUT2D eigenvalue weighted by Crippen LogP contribution is -2.32. The molecule has 0 fully saturated rings. The Morgan fingerprint density at radius 1 is 1.14 bits per heavy atom. The van der Waals surface area contributed by atoms with Crippen LogP contribution in [0.4, 0.5) is 28.0 Å². The highest BCUT2D eigenvalue weighted by Gasteiger charge is 2.31. The van der Waals surface area contributed by atoms with Gasteiger partial charge in [0, 0.05) is 18.1 Å². The van der Waals surface area contributed by atoms with E-state index in [9.17, 15) is 22.4 Å². The summed E-state index contributed by atoms with van der Waals surface area (Å²) in [5, 5.41) is 8.64. The van der Waals surface area contributed by atoms with Crippen molar-refractivity contribution in [2.45, 2.75) is 19.1 Å². The standard InChI is InChI=1S/C16H13F4N7O/c1-9(13-23-8-24-27(13)14-21-3-2-4-22-14)25-15(28)26-12-6-10(16(18,19)20)5-11(17)7-12/h2-9H,1H3,(H2,25,26,28)/t9-/m0/s1. The molecular weight excluding hydrogens is 382 g/mol. The molecule has 0 bridgehead atoms. The Balaban J connectivity index is 1.73. The second-order valence-corrected chi connectivity index (χ2v) is 5.63. The molecule has 3 aromatic rings. The summed E-state index contributed by atoms with van der Waals surface area (Å²) in [6.45, 7) is 1.58. The minimum Gasteiger partial charge on any atom is -0.328 e. The molecule has 1 aromatic carbocycles. The zero-order valence-corrected chi connectivity index (χ0v) is 14.3. The molecule has 12 heteroatoms. The minimum atomic E-state index is -4.74. The number of aromatic nitrogens is 5. The molecule has 0 radical (unpaired) electrons. The summed E-state index contributed by atoms with van der Waals surface area (Å²) in [5.74, 6) is -0.611. The van der Waals surface area contributed by atoms with Crippen molar-refractivity contribution in [3.05, 3.63) is 60.2 Å². The molecule has 2 amide bonds. The van der Waals surface area contributed by atoms with Gasteiger partial charge in [0.05, 0.1) is 11.6 Å². The summed E-state index contributed by atoms with van der Waals surface area (Å²) < 4.78 is 53.0. The molecule has 2 N–H and O–H groups in total. The number of amides is 2. The highest BCUT2D eigenvalue weighted by molar-refractivity contribution is 5.89. The van der Waals surface area contributed by atoms with Crippen LogP contribution in [-0.4, -0.2) is 30.8 Å². The second-order valence-electron chi connectivity index (χ2n) is 5.63. The Hall–Kier alpha value is -3.57. The molecule has 0 spiro atoms. The SMILES string of the molecule is C[C@H](NC(=O)Nc1cc(F)cc(C(F)(F)F)c1)c1ncnn1-c1ncccn1. The van der Waals surface area contributed by atoms with Gasteiger partial charge in [-0.2, -0.15) is 23.0 Å². The molecule has 28 heavy (non-hydrogen) atoms. The molecule has 0 aliphatic heterocycles. The molecule has 0 unspecified atom stereocenters. The molecule has 2 aromatic heterocycles. The van der Waals surface area contributed by atoms with Crippen LogP contribution in [0.5, 0.6) is 0 Å². The van der Waals surface area contributed by atoms with Crippen LogP contribution >= 0.6 is 0 Å². The van der Waals surface area contributed by atoms with E-state index in [1.54, 1.807) is 13.0 Å². The fraction of sp³-hybridized carbons (Fsp3) is 0.188. The largest absolute Gasteiger partial charge is 0.416 e. The fourth-order valence-electron chi connectivity index (χ4n) is 2.35. The normalized spacial score (nSPS) is 12.5. The summed E-state index contributed by atoms with van der Waals surface area (Å²) in [5.41, 5.74) is -1.55. The number of nitrogens with zero attached hydrogens (tertiary/aromatic N) is 5. The van der Waals surface area contributed by atoms with Crippen LogP contribution in [0.1, 0.15) is 24.4 Å². The van der Waals surface area contributed by atoms with Crippen molar-refractivity contribution in [2.75, 3.05) is 5.32 Å². The molecule has 1 atom stereocenters. The first-order valence-electron chi connectivity index (χ1n) is 7.86. The van der Waals surface area contributed by atoms with Crippen molar-refractivity contribution in [1.82, 2.24) is 30.0 Å². The number of carbonyl (C=O) groups is 1. The third-order valence-electron chi connectivity index (χ3n) is 3.53. The summed E-state index contributed by atoms with van der Waals surface area (Å²) in [4.78, 5) is 24.2. The Morgan fingerprint density at radius 2 is 1.86 bits per heavy atom. The van der Waals surface area contributed by atoms with Crippen LogP contribution in [0.15, 0.2) is 43.0 Å². The van der Waals surface area contributed by atoms with E-state index >= 15 is 0 Å². The summed E-state index contributed by atoms with van der Waals surface area (Å²) in [6, 6.07) is 1.81. The van der Waals surface area contributed by atoms with E-state index in [0.717, 1.165) is 6.07 Å². The molecule has 8 nitrogen and oxygen atoms in total. The van der Waals surface area contributed by atoms with Gasteiger partial charge in [-0.15, -0.1) is 0 Å². The molecular formula is C16H13F4N7O. The second kappa shape index (κ2) is 7.58. The number of urea groups is 1. The number of benzene rings is 1. The fourth-order valence-corrected chi connectivity index (χ4v) is 2.35. The smallest absolute Gasteiger partial charge is 0.328 e. The third kappa shape index (κ3) is 4.39. The van der Waals surface area contributed by atoms with Crippen LogP contribution in [0, 0.1) is 5.82 Å². The first-order valence-corrected chi connectivity index (χ1v) is 7.86. The van der Waals surface area contributed by atoms with Crippen LogP contribution in [0.2, 0.25) is 0 Å². The zero-order chi connectivity index (χ0) is 20.3. The van der Waals surface area contributed by atoms with E-state index in [1.807, 2.05) is 0 Å². The number of carbonyl (C=O) groups excluding carboxylic acids is 1. The van der Waals surface area contributed by atoms with Gasteiger partial charge in [0.2, 0.25) is 0 Å². The van der Waals surface area contributed by atoms with E-state index in [0.29, 0.717) is 12.1 Å². The van der Waals surface area contributed by atoms with Gasteiger partial charge in [0.25, 0.3) is 5.95 Å². The average molecular weight is 395 g/mol. The lowest BCUT2D eigenvalue weighted by atomic mass is 10.2. The van der Waals surface area contributed by atoms with Crippen molar-refractivity contribution in [2.24, 2.45) is 0 Å². The topological polar surface area (TPSA) is 97.6 Å². The number of alkyl halides is 3.